The number of hydrazine groups is 1. The number of nitrogens with zero attached hydrogens (tertiary/aromatic N) is 1. The van der Waals surface area contributed by atoms with Gasteiger partial charge >= 0.3 is 0 Å². The molecule has 0 amide bonds. The maximum absolute atomic E-state index is 12.9. The van der Waals surface area contributed by atoms with Crippen molar-refractivity contribution in [3.8, 4) is 0 Å². The van der Waals surface area contributed by atoms with Gasteiger partial charge in [0.15, 0.2) is 0 Å². The lowest BCUT2D eigenvalue weighted by atomic mass is 10.1. The van der Waals surface area contributed by atoms with E-state index in [1.165, 1.54) is 17.7 Å². The minimum absolute atomic E-state index is 0.240. The van der Waals surface area contributed by atoms with Gasteiger partial charge in [0, 0.05) is 26.2 Å². The molecular weight excluding hydrogens is 267 g/mol. The standard InChI is InChI=1S/C9H12FN3.C7H9N/c10-8-2-1-7-6-12-3-4-13(11)9(7)5-8;8-6-7-4-2-1-3-5-7/h1-2,5,12H,3-4,6,11H2;1-5H,6,8H2. The Morgan fingerprint density at radius 3 is 2.57 bits per heavy atom. The molecule has 0 saturated carbocycles. The van der Waals surface area contributed by atoms with Crippen molar-refractivity contribution >= 4 is 5.69 Å². The zero-order chi connectivity index (χ0) is 15.1. The largest absolute Gasteiger partial charge is 0.326 e. The first-order valence-corrected chi connectivity index (χ1v) is 6.96. The van der Waals surface area contributed by atoms with E-state index in [1.807, 2.05) is 30.3 Å². The van der Waals surface area contributed by atoms with E-state index in [0.29, 0.717) is 13.1 Å². The number of anilines is 1. The highest BCUT2D eigenvalue weighted by Crippen LogP contribution is 2.20. The van der Waals surface area contributed by atoms with E-state index in [0.717, 1.165) is 24.3 Å². The van der Waals surface area contributed by atoms with Gasteiger partial charge in [0.1, 0.15) is 5.82 Å². The second-order valence-electron chi connectivity index (χ2n) is 4.83. The number of rotatable bonds is 1. The zero-order valence-corrected chi connectivity index (χ0v) is 11.9. The van der Waals surface area contributed by atoms with Gasteiger partial charge in [-0.05, 0) is 23.3 Å². The van der Waals surface area contributed by atoms with Crippen LogP contribution in [0.5, 0.6) is 0 Å². The van der Waals surface area contributed by atoms with Crippen LogP contribution in [0.4, 0.5) is 10.1 Å². The van der Waals surface area contributed by atoms with E-state index >= 15 is 0 Å². The summed E-state index contributed by atoms with van der Waals surface area (Å²) in [4.78, 5) is 0. The molecule has 112 valence electrons. The Labute approximate surface area is 124 Å². The molecule has 0 bridgehead atoms. The van der Waals surface area contributed by atoms with Crippen molar-refractivity contribution in [1.82, 2.24) is 5.32 Å². The predicted octanol–water partition coefficient (Wildman–Crippen LogP) is 1.75. The number of hydrogen-bond acceptors (Lipinski definition) is 4. The van der Waals surface area contributed by atoms with Crippen LogP contribution in [-0.4, -0.2) is 13.1 Å². The molecule has 0 radical (unpaired) electrons. The Kier molecular flexibility index (Phi) is 5.68. The van der Waals surface area contributed by atoms with Crippen LogP contribution in [0.1, 0.15) is 11.1 Å². The lowest BCUT2D eigenvalue weighted by molar-refractivity contribution is 0.626. The van der Waals surface area contributed by atoms with E-state index < -0.39 is 0 Å². The lowest BCUT2D eigenvalue weighted by Crippen LogP contribution is -2.34. The van der Waals surface area contributed by atoms with Crippen molar-refractivity contribution in [3.05, 3.63) is 65.5 Å². The van der Waals surface area contributed by atoms with Crippen molar-refractivity contribution < 1.29 is 4.39 Å². The Morgan fingerprint density at radius 1 is 1.14 bits per heavy atom. The first kappa shape index (κ1) is 15.4. The molecule has 0 unspecified atom stereocenters. The average molecular weight is 288 g/mol. The van der Waals surface area contributed by atoms with Crippen molar-refractivity contribution in [2.45, 2.75) is 13.1 Å². The number of hydrogen-bond donors (Lipinski definition) is 3. The van der Waals surface area contributed by atoms with Crippen molar-refractivity contribution in [3.63, 3.8) is 0 Å². The van der Waals surface area contributed by atoms with Crippen LogP contribution in [0.3, 0.4) is 0 Å². The molecule has 1 aliphatic rings. The molecule has 1 aliphatic heterocycles. The lowest BCUT2D eigenvalue weighted by Gasteiger charge is -2.17. The highest BCUT2D eigenvalue weighted by atomic mass is 19.1. The van der Waals surface area contributed by atoms with Gasteiger partial charge in [-0.15, -0.1) is 0 Å². The third kappa shape index (κ3) is 4.53. The number of nitrogens with one attached hydrogen (secondary N) is 1. The Morgan fingerprint density at radius 2 is 1.90 bits per heavy atom. The highest BCUT2D eigenvalue weighted by molar-refractivity contribution is 5.53. The van der Waals surface area contributed by atoms with Crippen LogP contribution in [0, 0.1) is 5.82 Å². The number of benzene rings is 2. The fraction of sp³-hybridized carbons (Fsp3) is 0.250. The molecule has 3 rings (SSSR count). The third-order valence-corrected chi connectivity index (χ3v) is 3.28. The molecular formula is C16H21FN4. The molecule has 2 aromatic rings. The Hall–Kier alpha value is -1.95. The third-order valence-electron chi connectivity index (χ3n) is 3.28. The normalized spacial score (nSPS) is 13.8. The van der Waals surface area contributed by atoms with Crippen LogP contribution < -0.4 is 21.9 Å². The van der Waals surface area contributed by atoms with E-state index in [-0.39, 0.29) is 5.82 Å². The van der Waals surface area contributed by atoms with Gasteiger partial charge in [-0.3, -0.25) is 0 Å². The van der Waals surface area contributed by atoms with Crippen LogP contribution in [0.15, 0.2) is 48.5 Å². The summed E-state index contributed by atoms with van der Waals surface area (Å²) in [6.07, 6.45) is 0. The van der Waals surface area contributed by atoms with Gasteiger partial charge in [-0.1, -0.05) is 36.4 Å². The molecule has 0 spiro atoms. The second kappa shape index (κ2) is 7.73. The minimum Gasteiger partial charge on any atom is -0.326 e. The summed E-state index contributed by atoms with van der Waals surface area (Å²) in [6.45, 7) is 2.92. The van der Waals surface area contributed by atoms with Gasteiger partial charge in [0.2, 0.25) is 0 Å². The SMILES string of the molecule is NCc1ccccc1.NN1CCNCc2ccc(F)cc21. The smallest absolute Gasteiger partial charge is 0.125 e. The van der Waals surface area contributed by atoms with Crippen LogP contribution >= 0.6 is 0 Å². The molecule has 21 heavy (non-hydrogen) atoms. The maximum atomic E-state index is 12.9. The molecule has 2 aromatic carbocycles. The summed E-state index contributed by atoms with van der Waals surface area (Å²) in [5, 5.41) is 4.79. The van der Waals surface area contributed by atoms with Crippen LogP contribution in [0.25, 0.3) is 0 Å². The number of nitrogens with two attached hydrogens (primary N) is 2. The van der Waals surface area contributed by atoms with E-state index in [9.17, 15) is 4.39 Å². The number of halogens is 1. The monoisotopic (exact) mass is 288 g/mol. The summed E-state index contributed by atoms with van der Waals surface area (Å²) >= 11 is 0. The average Bonchev–Trinajstić information content (AvgIpc) is 2.71. The number of fused-ring (bicyclic) bond motifs is 1. The topological polar surface area (TPSA) is 67.3 Å². The zero-order valence-electron chi connectivity index (χ0n) is 11.9. The quantitative estimate of drug-likeness (QED) is 0.699. The Bertz CT molecular complexity index is 559. The maximum Gasteiger partial charge on any atom is 0.125 e. The molecule has 0 saturated heterocycles. The minimum atomic E-state index is -0.240. The summed E-state index contributed by atoms with van der Waals surface area (Å²) in [7, 11) is 0. The van der Waals surface area contributed by atoms with Crippen molar-refractivity contribution in [2.24, 2.45) is 11.6 Å². The molecule has 4 nitrogen and oxygen atoms in total. The fourth-order valence-corrected chi connectivity index (χ4v) is 2.11. The van der Waals surface area contributed by atoms with E-state index in [4.69, 9.17) is 11.6 Å². The van der Waals surface area contributed by atoms with Crippen molar-refractivity contribution in [1.29, 1.82) is 0 Å². The molecule has 5 heteroatoms. The summed E-state index contributed by atoms with van der Waals surface area (Å²) in [5.41, 5.74) is 8.36. The summed E-state index contributed by atoms with van der Waals surface area (Å²) in [5.74, 6) is 5.50. The van der Waals surface area contributed by atoms with Gasteiger partial charge in [-0.2, -0.15) is 0 Å². The molecule has 0 fully saturated rings. The predicted molar refractivity (Wildman–Crippen MR) is 84.0 cm³/mol. The summed E-state index contributed by atoms with van der Waals surface area (Å²) in [6, 6.07) is 14.7. The molecule has 5 N–H and O–H groups in total. The molecule has 0 aromatic heterocycles. The van der Waals surface area contributed by atoms with Gasteiger partial charge in [0.25, 0.3) is 0 Å². The van der Waals surface area contributed by atoms with Gasteiger partial charge < -0.3 is 16.1 Å². The second-order valence-corrected chi connectivity index (χ2v) is 4.83. The molecule has 0 atom stereocenters. The first-order chi connectivity index (χ1) is 10.2. The first-order valence-electron chi connectivity index (χ1n) is 6.96. The Balaban J connectivity index is 0.000000173. The highest BCUT2D eigenvalue weighted by Gasteiger charge is 2.12. The van der Waals surface area contributed by atoms with Crippen LogP contribution in [-0.2, 0) is 13.1 Å². The van der Waals surface area contributed by atoms with Gasteiger partial charge in [0.05, 0.1) is 5.69 Å². The van der Waals surface area contributed by atoms with E-state index in [1.54, 1.807) is 11.1 Å². The van der Waals surface area contributed by atoms with Crippen LogP contribution in [0.2, 0.25) is 0 Å². The summed E-state index contributed by atoms with van der Waals surface area (Å²) < 4.78 is 12.9. The fourth-order valence-electron chi connectivity index (χ4n) is 2.11. The molecule has 1 heterocycles. The van der Waals surface area contributed by atoms with E-state index in [2.05, 4.69) is 5.32 Å². The van der Waals surface area contributed by atoms with Crippen molar-refractivity contribution in [2.75, 3.05) is 18.1 Å². The van der Waals surface area contributed by atoms with Gasteiger partial charge in [-0.25, -0.2) is 10.2 Å². The molecule has 0 aliphatic carbocycles.